The SMILES string of the molecule is CCOC(=O)CCCCCCC[C@H](O)/C=C/[C@@H]1[C@@H](O)CC(=O)[C@@H]1CC. The highest BCUT2D eigenvalue weighted by molar-refractivity contribution is 5.84. The van der Waals surface area contributed by atoms with Gasteiger partial charge in [-0.1, -0.05) is 44.8 Å². The van der Waals surface area contributed by atoms with E-state index in [4.69, 9.17) is 4.74 Å². The smallest absolute Gasteiger partial charge is 0.305 e. The largest absolute Gasteiger partial charge is 0.466 e. The van der Waals surface area contributed by atoms with Crippen LogP contribution in [-0.2, 0) is 14.3 Å². The Labute approximate surface area is 151 Å². The molecule has 1 aliphatic rings. The maximum atomic E-state index is 11.8. The Morgan fingerprint density at radius 3 is 2.60 bits per heavy atom. The zero-order valence-corrected chi connectivity index (χ0v) is 15.7. The van der Waals surface area contributed by atoms with Crippen LogP contribution in [0.2, 0.25) is 0 Å². The van der Waals surface area contributed by atoms with Crippen molar-refractivity contribution in [3.63, 3.8) is 0 Å². The first kappa shape index (κ1) is 21.8. The second-order valence-corrected chi connectivity index (χ2v) is 6.89. The second kappa shape index (κ2) is 12.2. The first-order valence-corrected chi connectivity index (χ1v) is 9.72. The third-order valence-corrected chi connectivity index (χ3v) is 4.91. The average Bonchev–Trinajstić information content (AvgIpc) is 2.85. The number of esters is 1. The number of ketones is 1. The molecule has 0 amide bonds. The van der Waals surface area contributed by atoms with Gasteiger partial charge in [-0.3, -0.25) is 9.59 Å². The molecule has 0 spiro atoms. The zero-order valence-electron chi connectivity index (χ0n) is 15.7. The van der Waals surface area contributed by atoms with E-state index in [1.807, 2.05) is 19.9 Å². The third kappa shape index (κ3) is 8.15. The van der Waals surface area contributed by atoms with E-state index in [1.165, 1.54) is 0 Å². The molecule has 0 aromatic heterocycles. The predicted octanol–water partition coefficient (Wildman–Crippen LogP) is 3.17. The molecule has 1 saturated carbocycles. The summed E-state index contributed by atoms with van der Waals surface area (Å²) >= 11 is 0. The number of rotatable bonds is 12. The molecule has 0 aromatic carbocycles. The van der Waals surface area contributed by atoms with Crippen LogP contribution >= 0.6 is 0 Å². The molecule has 1 aliphatic carbocycles. The normalized spacial score (nSPS) is 24.8. The summed E-state index contributed by atoms with van der Waals surface area (Å²) in [5, 5.41) is 20.0. The second-order valence-electron chi connectivity index (χ2n) is 6.89. The van der Waals surface area contributed by atoms with Gasteiger partial charge in [-0.05, 0) is 26.2 Å². The monoisotopic (exact) mass is 354 g/mol. The van der Waals surface area contributed by atoms with Crippen molar-refractivity contribution in [2.45, 2.75) is 83.8 Å². The molecule has 25 heavy (non-hydrogen) atoms. The van der Waals surface area contributed by atoms with E-state index in [1.54, 1.807) is 6.08 Å². The van der Waals surface area contributed by atoms with Crippen molar-refractivity contribution in [2.24, 2.45) is 11.8 Å². The highest BCUT2D eigenvalue weighted by Crippen LogP contribution is 2.32. The number of Topliss-reactive ketones (excluding diaryl/α,β-unsaturated/α-hetero) is 1. The molecule has 1 rings (SSSR count). The van der Waals surface area contributed by atoms with Crippen LogP contribution in [0.4, 0.5) is 0 Å². The van der Waals surface area contributed by atoms with Gasteiger partial charge in [0.05, 0.1) is 18.8 Å². The van der Waals surface area contributed by atoms with Gasteiger partial charge in [0.25, 0.3) is 0 Å². The van der Waals surface area contributed by atoms with Gasteiger partial charge < -0.3 is 14.9 Å². The van der Waals surface area contributed by atoms with Crippen LogP contribution in [0.15, 0.2) is 12.2 Å². The van der Waals surface area contributed by atoms with Gasteiger partial charge in [-0.15, -0.1) is 0 Å². The molecule has 0 aliphatic heterocycles. The summed E-state index contributed by atoms with van der Waals surface area (Å²) in [7, 11) is 0. The number of aliphatic hydroxyl groups is 2. The van der Waals surface area contributed by atoms with Crippen molar-refractivity contribution in [1.29, 1.82) is 0 Å². The van der Waals surface area contributed by atoms with E-state index in [-0.39, 0.29) is 30.0 Å². The Bertz CT molecular complexity index is 432. The molecular formula is C20H34O5. The number of ether oxygens (including phenoxy) is 1. The van der Waals surface area contributed by atoms with E-state index < -0.39 is 12.2 Å². The Hall–Kier alpha value is -1.20. The fraction of sp³-hybridized carbons (Fsp3) is 0.800. The Morgan fingerprint density at radius 1 is 1.24 bits per heavy atom. The van der Waals surface area contributed by atoms with Gasteiger partial charge in [-0.2, -0.15) is 0 Å². The van der Waals surface area contributed by atoms with Gasteiger partial charge >= 0.3 is 5.97 Å². The maximum Gasteiger partial charge on any atom is 0.305 e. The summed E-state index contributed by atoms with van der Waals surface area (Å²) in [5.41, 5.74) is 0. The van der Waals surface area contributed by atoms with Crippen molar-refractivity contribution in [1.82, 2.24) is 0 Å². The van der Waals surface area contributed by atoms with E-state index in [9.17, 15) is 19.8 Å². The molecule has 144 valence electrons. The van der Waals surface area contributed by atoms with E-state index in [0.717, 1.165) is 38.5 Å². The van der Waals surface area contributed by atoms with Crippen molar-refractivity contribution < 1.29 is 24.5 Å². The lowest BCUT2D eigenvalue weighted by Crippen LogP contribution is -2.18. The Kier molecular flexibility index (Phi) is 10.7. The number of hydrogen-bond acceptors (Lipinski definition) is 5. The quantitative estimate of drug-likeness (QED) is 0.319. The maximum absolute atomic E-state index is 11.8. The number of unbranched alkanes of at least 4 members (excludes halogenated alkanes) is 4. The molecule has 4 atom stereocenters. The van der Waals surface area contributed by atoms with Crippen LogP contribution in [0, 0.1) is 11.8 Å². The topological polar surface area (TPSA) is 83.8 Å². The highest BCUT2D eigenvalue weighted by atomic mass is 16.5. The minimum atomic E-state index is -0.611. The summed E-state index contributed by atoms with van der Waals surface area (Å²) in [6.45, 7) is 4.21. The van der Waals surface area contributed by atoms with Gasteiger partial charge in [0.1, 0.15) is 5.78 Å². The van der Waals surface area contributed by atoms with E-state index >= 15 is 0 Å². The van der Waals surface area contributed by atoms with Crippen LogP contribution in [-0.4, -0.2) is 40.8 Å². The van der Waals surface area contributed by atoms with Crippen LogP contribution < -0.4 is 0 Å². The molecule has 1 fully saturated rings. The van der Waals surface area contributed by atoms with Crippen molar-refractivity contribution in [2.75, 3.05) is 6.61 Å². The fourth-order valence-electron chi connectivity index (χ4n) is 3.48. The van der Waals surface area contributed by atoms with Crippen LogP contribution in [0.3, 0.4) is 0 Å². The number of carbonyl (C=O) groups excluding carboxylic acids is 2. The average molecular weight is 354 g/mol. The predicted molar refractivity (Wildman–Crippen MR) is 97.0 cm³/mol. The molecule has 0 saturated heterocycles. The minimum Gasteiger partial charge on any atom is -0.466 e. The number of aliphatic hydroxyl groups excluding tert-OH is 2. The van der Waals surface area contributed by atoms with Gasteiger partial charge in [0.2, 0.25) is 0 Å². The van der Waals surface area contributed by atoms with Crippen LogP contribution in [0.25, 0.3) is 0 Å². The molecule has 0 unspecified atom stereocenters. The van der Waals surface area contributed by atoms with Gasteiger partial charge in [0, 0.05) is 24.7 Å². The molecule has 5 nitrogen and oxygen atoms in total. The van der Waals surface area contributed by atoms with Crippen molar-refractivity contribution >= 4 is 11.8 Å². The van der Waals surface area contributed by atoms with Crippen molar-refractivity contribution in [3.8, 4) is 0 Å². The summed E-state index contributed by atoms with van der Waals surface area (Å²) in [6.07, 6.45) is 9.40. The number of hydrogen-bond donors (Lipinski definition) is 2. The molecule has 0 heterocycles. The molecule has 2 N–H and O–H groups in total. The molecule has 0 radical (unpaired) electrons. The summed E-state index contributed by atoms with van der Waals surface area (Å²) < 4.78 is 4.88. The van der Waals surface area contributed by atoms with Gasteiger partial charge in [-0.25, -0.2) is 0 Å². The third-order valence-electron chi connectivity index (χ3n) is 4.91. The lowest BCUT2D eigenvalue weighted by atomic mass is 9.91. The number of carbonyl (C=O) groups is 2. The molecule has 0 aromatic rings. The molecule has 5 heteroatoms. The molecular weight excluding hydrogens is 320 g/mol. The minimum absolute atomic E-state index is 0.113. The van der Waals surface area contributed by atoms with Gasteiger partial charge in [0.15, 0.2) is 0 Å². The first-order chi connectivity index (χ1) is 12.0. The highest BCUT2D eigenvalue weighted by Gasteiger charge is 2.38. The van der Waals surface area contributed by atoms with Crippen LogP contribution in [0.1, 0.15) is 71.6 Å². The lowest BCUT2D eigenvalue weighted by molar-refractivity contribution is -0.143. The first-order valence-electron chi connectivity index (χ1n) is 9.72. The summed E-state index contributed by atoms with van der Waals surface area (Å²) in [4.78, 5) is 22.9. The lowest BCUT2D eigenvalue weighted by Gasteiger charge is -2.16. The fourth-order valence-corrected chi connectivity index (χ4v) is 3.48. The van der Waals surface area contributed by atoms with E-state index in [0.29, 0.717) is 19.4 Å². The van der Waals surface area contributed by atoms with Crippen LogP contribution in [0.5, 0.6) is 0 Å². The summed E-state index contributed by atoms with van der Waals surface area (Å²) in [5.74, 6) is -0.268. The standard InChI is InChI=1S/C20H34O5/c1-3-16-17(19(23)14-18(16)22)13-12-15(21)10-8-6-5-7-9-11-20(24)25-4-2/h12-13,15-17,19,21,23H,3-11,14H2,1-2H3/b13-12+/t15-,16+,17-,19-/m0/s1. The Morgan fingerprint density at radius 2 is 1.92 bits per heavy atom. The Balaban J connectivity index is 2.13. The zero-order chi connectivity index (χ0) is 18.7. The molecule has 0 bridgehead atoms. The summed E-state index contributed by atoms with van der Waals surface area (Å²) in [6, 6.07) is 0. The van der Waals surface area contributed by atoms with E-state index in [2.05, 4.69) is 0 Å². The van der Waals surface area contributed by atoms with Crippen molar-refractivity contribution in [3.05, 3.63) is 12.2 Å².